The highest BCUT2D eigenvalue weighted by molar-refractivity contribution is 6.04. The molecule has 0 spiro atoms. The van der Waals surface area contributed by atoms with Crippen molar-refractivity contribution in [2.45, 2.75) is 0 Å². The number of carbonyl (C=O) groups is 1. The molecule has 0 fully saturated rings. The predicted octanol–water partition coefficient (Wildman–Crippen LogP) is 2.68. The zero-order valence-corrected chi connectivity index (χ0v) is 8.53. The Morgan fingerprint density at radius 3 is 2.76 bits per heavy atom. The molecule has 0 unspecified atom stereocenters. The SMILES string of the molecule is O=C(/C=C/c1ccc([N+](=O)[O-])o1)c1ccco1. The van der Waals surface area contributed by atoms with Crippen LogP contribution in [-0.2, 0) is 0 Å². The molecule has 2 heterocycles. The molecule has 0 saturated carbocycles. The number of nitrogens with zero attached hydrogens (tertiary/aromatic N) is 1. The van der Waals surface area contributed by atoms with Crippen LogP contribution in [0, 0.1) is 10.1 Å². The van der Waals surface area contributed by atoms with Gasteiger partial charge in [0.25, 0.3) is 0 Å². The van der Waals surface area contributed by atoms with Gasteiger partial charge in [-0.2, -0.15) is 0 Å². The number of carbonyl (C=O) groups excluding carboxylic acids is 1. The van der Waals surface area contributed by atoms with Gasteiger partial charge in [0.1, 0.15) is 10.7 Å². The molecule has 0 amide bonds. The van der Waals surface area contributed by atoms with Gasteiger partial charge in [0.15, 0.2) is 5.76 Å². The van der Waals surface area contributed by atoms with E-state index in [1.54, 1.807) is 6.07 Å². The van der Waals surface area contributed by atoms with Crippen molar-refractivity contribution in [3.63, 3.8) is 0 Å². The second-order valence-corrected chi connectivity index (χ2v) is 3.11. The lowest BCUT2D eigenvalue weighted by molar-refractivity contribution is -0.402. The van der Waals surface area contributed by atoms with Gasteiger partial charge in [-0.05, 0) is 30.4 Å². The predicted molar refractivity (Wildman–Crippen MR) is 57.4 cm³/mol. The largest absolute Gasteiger partial charge is 0.461 e. The summed E-state index contributed by atoms with van der Waals surface area (Å²) >= 11 is 0. The lowest BCUT2D eigenvalue weighted by Gasteiger charge is -1.87. The quantitative estimate of drug-likeness (QED) is 0.350. The van der Waals surface area contributed by atoms with E-state index in [4.69, 9.17) is 8.83 Å². The second kappa shape index (κ2) is 4.48. The number of ketones is 1. The molecule has 6 heteroatoms. The van der Waals surface area contributed by atoms with Crippen molar-refractivity contribution < 1.29 is 18.6 Å². The molecule has 17 heavy (non-hydrogen) atoms. The van der Waals surface area contributed by atoms with E-state index in [9.17, 15) is 14.9 Å². The summed E-state index contributed by atoms with van der Waals surface area (Å²) in [7, 11) is 0. The minimum atomic E-state index is -0.647. The lowest BCUT2D eigenvalue weighted by Crippen LogP contribution is -1.89. The maximum Gasteiger partial charge on any atom is 0.433 e. The van der Waals surface area contributed by atoms with Gasteiger partial charge in [0, 0.05) is 0 Å². The molecule has 2 aromatic rings. The average Bonchev–Trinajstić information content (AvgIpc) is 2.97. The first-order valence-corrected chi connectivity index (χ1v) is 4.67. The first kappa shape index (κ1) is 10.9. The Hall–Kier alpha value is -2.63. The first-order chi connectivity index (χ1) is 8.16. The van der Waals surface area contributed by atoms with Gasteiger partial charge in [0.2, 0.25) is 5.78 Å². The van der Waals surface area contributed by atoms with Gasteiger partial charge in [-0.25, -0.2) is 0 Å². The number of allylic oxidation sites excluding steroid dienone is 1. The summed E-state index contributed by atoms with van der Waals surface area (Å²) in [4.78, 5) is 21.2. The summed E-state index contributed by atoms with van der Waals surface area (Å²) in [6, 6.07) is 5.75. The van der Waals surface area contributed by atoms with Crippen molar-refractivity contribution in [3.05, 3.63) is 58.2 Å². The van der Waals surface area contributed by atoms with Crippen molar-refractivity contribution in [2.75, 3.05) is 0 Å². The van der Waals surface area contributed by atoms with E-state index in [-0.39, 0.29) is 23.2 Å². The van der Waals surface area contributed by atoms with E-state index in [0.717, 1.165) is 0 Å². The molecule has 0 bridgehead atoms. The maximum absolute atomic E-state index is 11.5. The highest BCUT2D eigenvalue weighted by Crippen LogP contribution is 2.16. The van der Waals surface area contributed by atoms with Crippen molar-refractivity contribution in [1.82, 2.24) is 0 Å². The normalized spacial score (nSPS) is 10.8. The molecule has 0 radical (unpaired) electrons. The monoisotopic (exact) mass is 233 g/mol. The Morgan fingerprint density at radius 2 is 2.18 bits per heavy atom. The number of furan rings is 2. The zero-order valence-electron chi connectivity index (χ0n) is 8.53. The summed E-state index contributed by atoms with van der Waals surface area (Å²) < 4.78 is 9.73. The third kappa shape index (κ3) is 2.49. The van der Waals surface area contributed by atoms with Crippen molar-refractivity contribution in [1.29, 1.82) is 0 Å². The van der Waals surface area contributed by atoms with Gasteiger partial charge < -0.3 is 8.83 Å². The van der Waals surface area contributed by atoms with Crippen LogP contribution >= 0.6 is 0 Å². The highest BCUT2D eigenvalue weighted by Gasteiger charge is 2.10. The topological polar surface area (TPSA) is 86.5 Å². The minimum absolute atomic E-state index is 0.197. The van der Waals surface area contributed by atoms with E-state index in [2.05, 4.69) is 0 Å². The molecular formula is C11H7NO5. The van der Waals surface area contributed by atoms with Crippen molar-refractivity contribution in [2.24, 2.45) is 0 Å². The van der Waals surface area contributed by atoms with Crippen molar-refractivity contribution >= 4 is 17.7 Å². The summed E-state index contributed by atoms with van der Waals surface area (Å²) in [5.74, 6) is -0.275. The van der Waals surface area contributed by atoms with Gasteiger partial charge in [-0.3, -0.25) is 14.9 Å². The Bertz CT molecular complexity index is 564. The van der Waals surface area contributed by atoms with E-state index < -0.39 is 4.92 Å². The third-order valence-corrected chi connectivity index (χ3v) is 1.96. The van der Waals surface area contributed by atoms with E-state index in [0.29, 0.717) is 0 Å². The molecule has 0 atom stereocenters. The minimum Gasteiger partial charge on any atom is -0.461 e. The van der Waals surface area contributed by atoms with Crippen LogP contribution in [0.2, 0.25) is 0 Å². The Kier molecular flexibility index (Phi) is 2.87. The summed E-state index contributed by atoms with van der Waals surface area (Å²) in [5.41, 5.74) is 0. The van der Waals surface area contributed by atoms with Crippen LogP contribution in [0.25, 0.3) is 6.08 Å². The third-order valence-electron chi connectivity index (χ3n) is 1.96. The molecule has 0 aliphatic heterocycles. The molecule has 2 aromatic heterocycles. The number of hydrogen-bond donors (Lipinski definition) is 0. The fraction of sp³-hybridized carbons (Fsp3) is 0. The van der Waals surface area contributed by atoms with Crippen LogP contribution in [-0.4, -0.2) is 10.7 Å². The fourth-order valence-electron chi connectivity index (χ4n) is 1.19. The molecule has 2 rings (SSSR count). The van der Waals surface area contributed by atoms with Crippen LogP contribution < -0.4 is 0 Å². The van der Waals surface area contributed by atoms with Crippen LogP contribution in [0.5, 0.6) is 0 Å². The van der Waals surface area contributed by atoms with E-state index in [1.165, 1.54) is 36.6 Å². The van der Waals surface area contributed by atoms with Gasteiger partial charge in [-0.15, -0.1) is 0 Å². The average molecular weight is 233 g/mol. The molecule has 0 saturated heterocycles. The van der Waals surface area contributed by atoms with Crippen molar-refractivity contribution in [3.8, 4) is 0 Å². The number of rotatable bonds is 4. The fourth-order valence-corrected chi connectivity index (χ4v) is 1.19. The highest BCUT2D eigenvalue weighted by atomic mass is 16.6. The number of hydrogen-bond acceptors (Lipinski definition) is 5. The Balaban J connectivity index is 2.10. The Morgan fingerprint density at radius 1 is 1.35 bits per heavy atom. The summed E-state index contributed by atoms with van der Waals surface area (Å²) in [6.45, 7) is 0. The number of nitro groups is 1. The molecule has 0 aromatic carbocycles. The van der Waals surface area contributed by atoms with Crippen LogP contribution in [0.3, 0.4) is 0 Å². The Labute approximate surface area is 95.3 Å². The molecule has 0 aliphatic rings. The molecule has 0 aliphatic carbocycles. The molecule has 0 N–H and O–H groups in total. The smallest absolute Gasteiger partial charge is 0.433 e. The maximum atomic E-state index is 11.5. The lowest BCUT2D eigenvalue weighted by atomic mass is 10.2. The van der Waals surface area contributed by atoms with Gasteiger partial charge >= 0.3 is 5.88 Å². The zero-order chi connectivity index (χ0) is 12.3. The first-order valence-electron chi connectivity index (χ1n) is 4.67. The standard InChI is InChI=1S/C11H7NO5/c13-9(10-2-1-7-16-10)5-3-8-4-6-11(17-8)12(14)15/h1-7H/b5-3+. The van der Waals surface area contributed by atoms with Crippen LogP contribution in [0.15, 0.2) is 45.4 Å². The van der Waals surface area contributed by atoms with Gasteiger partial charge in [-0.1, -0.05) is 0 Å². The summed E-state index contributed by atoms with van der Waals surface area (Å²) in [6.07, 6.45) is 3.96. The molecule has 86 valence electrons. The summed E-state index contributed by atoms with van der Waals surface area (Å²) in [5, 5.41) is 10.3. The molecular weight excluding hydrogens is 226 g/mol. The van der Waals surface area contributed by atoms with E-state index in [1.807, 2.05) is 0 Å². The second-order valence-electron chi connectivity index (χ2n) is 3.11. The van der Waals surface area contributed by atoms with Crippen LogP contribution in [0.4, 0.5) is 5.88 Å². The van der Waals surface area contributed by atoms with Gasteiger partial charge in [0.05, 0.1) is 12.3 Å². The van der Waals surface area contributed by atoms with Crippen LogP contribution in [0.1, 0.15) is 16.3 Å². The molecule has 6 nitrogen and oxygen atoms in total. The van der Waals surface area contributed by atoms with E-state index >= 15 is 0 Å².